The second-order valence-electron chi connectivity index (χ2n) is 6.22. The van der Waals surface area contributed by atoms with Crippen molar-refractivity contribution in [2.45, 2.75) is 31.2 Å². The van der Waals surface area contributed by atoms with Crippen LogP contribution in [0.5, 0.6) is 0 Å². The van der Waals surface area contributed by atoms with Crippen LogP contribution < -0.4 is 5.32 Å². The molecule has 0 radical (unpaired) electrons. The van der Waals surface area contributed by atoms with Gasteiger partial charge in [0.1, 0.15) is 5.54 Å². The van der Waals surface area contributed by atoms with Crippen molar-refractivity contribution in [3.8, 4) is 6.07 Å². The van der Waals surface area contributed by atoms with Crippen LogP contribution in [-0.2, 0) is 24.4 Å². The first-order valence-electron chi connectivity index (χ1n) is 8.00. The molecule has 0 aliphatic carbocycles. The van der Waals surface area contributed by atoms with E-state index >= 15 is 0 Å². The lowest BCUT2D eigenvalue weighted by Gasteiger charge is -2.27. The summed E-state index contributed by atoms with van der Waals surface area (Å²) in [6.45, 7) is 4.52. The summed E-state index contributed by atoms with van der Waals surface area (Å²) in [5.41, 5.74) is -1.14. The Bertz CT molecular complexity index is 846. The zero-order valence-corrected chi connectivity index (χ0v) is 16.7. The highest BCUT2D eigenvalue weighted by molar-refractivity contribution is 7.89. The van der Waals surface area contributed by atoms with Crippen molar-refractivity contribution in [1.82, 2.24) is 9.79 Å². The van der Waals surface area contributed by atoms with Crippen LogP contribution in [0.15, 0.2) is 29.2 Å². The maximum absolute atomic E-state index is 12.2. The van der Waals surface area contributed by atoms with Crippen LogP contribution in [0.1, 0.15) is 31.1 Å². The fourth-order valence-corrected chi connectivity index (χ4v) is 2.89. The third-order valence-corrected chi connectivity index (χ3v) is 5.76. The first kappa shape index (κ1) is 22.6. The number of benzene rings is 1. The van der Waals surface area contributed by atoms with Crippen LogP contribution in [0.25, 0.3) is 0 Å². The van der Waals surface area contributed by atoms with E-state index in [4.69, 9.17) is 4.74 Å². The SMILES string of the molecule is CON(C)S(=O)(=O)c1cccc(C(=O)OCC(=O)N[C@](C)(C#N)C(C)C)c1. The molecule has 0 saturated heterocycles. The van der Waals surface area contributed by atoms with E-state index in [2.05, 4.69) is 10.2 Å². The van der Waals surface area contributed by atoms with Gasteiger partial charge in [-0.2, -0.15) is 5.26 Å². The maximum Gasteiger partial charge on any atom is 0.338 e. The molecule has 1 aromatic carbocycles. The molecule has 1 aromatic rings. The molecule has 10 heteroatoms. The zero-order valence-electron chi connectivity index (χ0n) is 15.8. The molecule has 0 saturated carbocycles. The standard InChI is InChI=1S/C17H23N3O6S/c1-12(2)17(3,11-18)19-15(21)10-26-16(22)13-7-6-8-14(9-13)27(23,24)20(4)25-5/h6-9,12H,10H2,1-5H3,(H,19,21)/t17-/m1/s1. The summed E-state index contributed by atoms with van der Waals surface area (Å²) in [5.74, 6) is -1.66. The van der Waals surface area contributed by atoms with Gasteiger partial charge < -0.3 is 10.1 Å². The average Bonchev–Trinajstić information content (AvgIpc) is 2.64. The number of nitrogens with one attached hydrogen (secondary N) is 1. The normalized spacial score (nSPS) is 13.7. The average molecular weight is 397 g/mol. The summed E-state index contributed by atoms with van der Waals surface area (Å²) >= 11 is 0. The Balaban J connectivity index is 2.84. The predicted molar refractivity (Wildman–Crippen MR) is 95.7 cm³/mol. The van der Waals surface area contributed by atoms with Crippen molar-refractivity contribution in [2.75, 3.05) is 20.8 Å². The number of ether oxygens (including phenoxy) is 1. The highest BCUT2D eigenvalue weighted by atomic mass is 32.2. The van der Waals surface area contributed by atoms with Gasteiger partial charge in [0.25, 0.3) is 15.9 Å². The molecule has 1 amide bonds. The number of carbonyl (C=O) groups excluding carboxylic acids is 2. The van der Waals surface area contributed by atoms with Crippen molar-refractivity contribution < 1.29 is 27.6 Å². The van der Waals surface area contributed by atoms with Gasteiger partial charge in [-0.1, -0.05) is 24.4 Å². The van der Waals surface area contributed by atoms with Gasteiger partial charge in [-0.25, -0.2) is 13.2 Å². The van der Waals surface area contributed by atoms with E-state index in [0.717, 1.165) is 6.07 Å². The smallest absolute Gasteiger partial charge is 0.338 e. The minimum atomic E-state index is -3.93. The Hall–Kier alpha value is -2.48. The molecular weight excluding hydrogens is 374 g/mol. The number of amides is 1. The third-order valence-electron chi connectivity index (χ3n) is 4.08. The number of nitrogens with zero attached hydrogens (tertiary/aromatic N) is 2. The van der Waals surface area contributed by atoms with Gasteiger partial charge in [0.15, 0.2) is 6.61 Å². The molecule has 0 heterocycles. The summed E-state index contributed by atoms with van der Waals surface area (Å²) in [4.78, 5) is 28.6. The number of carbonyl (C=O) groups is 2. The predicted octanol–water partition coefficient (Wildman–Crippen LogP) is 1.08. The monoisotopic (exact) mass is 397 g/mol. The second kappa shape index (κ2) is 8.94. The topological polar surface area (TPSA) is 126 Å². The number of nitriles is 1. The Labute approximate surface area is 158 Å². The molecule has 0 unspecified atom stereocenters. The largest absolute Gasteiger partial charge is 0.452 e. The van der Waals surface area contributed by atoms with E-state index in [9.17, 15) is 23.3 Å². The molecule has 0 bridgehead atoms. The second-order valence-corrected chi connectivity index (χ2v) is 8.15. The van der Waals surface area contributed by atoms with Crippen LogP contribution in [0.3, 0.4) is 0 Å². The lowest BCUT2D eigenvalue weighted by molar-refractivity contribution is -0.125. The molecule has 0 spiro atoms. The zero-order chi connectivity index (χ0) is 20.8. The van der Waals surface area contributed by atoms with Crippen LogP contribution in [0.4, 0.5) is 0 Å². The lowest BCUT2D eigenvalue weighted by Crippen LogP contribution is -2.50. The van der Waals surface area contributed by atoms with E-state index in [0.29, 0.717) is 4.47 Å². The lowest BCUT2D eigenvalue weighted by atomic mass is 9.90. The highest BCUT2D eigenvalue weighted by Gasteiger charge is 2.30. The number of hydrogen-bond donors (Lipinski definition) is 1. The Morgan fingerprint density at radius 2 is 2.00 bits per heavy atom. The molecule has 27 heavy (non-hydrogen) atoms. The van der Waals surface area contributed by atoms with Gasteiger partial charge in [0, 0.05) is 7.05 Å². The van der Waals surface area contributed by atoms with Crippen molar-refractivity contribution in [2.24, 2.45) is 5.92 Å². The van der Waals surface area contributed by atoms with Gasteiger partial charge in [-0.3, -0.25) is 9.63 Å². The van der Waals surface area contributed by atoms with E-state index in [-0.39, 0.29) is 16.4 Å². The number of hydroxylamine groups is 1. The van der Waals surface area contributed by atoms with Crippen molar-refractivity contribution in [3.63, 3.8) is 0 Å². The number of rotatable bonds is 8. The molecular formula is C17H23N3O6S. The fraction of sp³-hybridized carbons (Fsp3) is 0.471. The van der Waals surface area contributed by atoms with Gasteiger partial charge in [-0.15, -0.1) is 0 Å². The molecule has 0 aromatic heterocycles. The summed E-state index contributed by atoms with van der Waals surface area (Å²) in [6.07, 6.45) is 0. The maximum atomic E-state index is 12.2. The number of esters is 1. The summed E-state index contributed by atoms with van der Waals surface area (Å²) in [5, 5.41) is 11.7. The molecule has 1 rings (SSSR count). The van der Waals surface area contributed by atoms with E-state index in [1.807, 2.05) is 6.07 Å². The molecule has 148 valence electrons. The molecule has 0 fully saturated rings. The van der Waals surface area contributed by atoms with Crippen LogP contribution >= 0.6 is 0 Å². The van der Waals surface area contributed by atoms with Crippen LogP contribution in [0, 0.1) is 17.2 Å². The Morgan fingerprint density at radius 1 is 1.37 bits per heavy atom. The number of hydrogen-bond acceptors (Lipinski definition) is 7. The van der Waals surface area contributed by atoms with Gasteiger partial charge in [0.05, 0.1) is 23.6 Å². The number of sulfonamides is 1. The minimum Gasteiger partial charge on any atom is -0.452 e. The molecule has 9 nitrogen and oxygen atoms in total. The third kappa shape index (κ3) is 5.50. The molecule has 1 N–H and O–H groups in total. The van der Waals surface area contributed by atoms with E-state index in [1.165, 1.54) is 32.4 Å². The quantitative estimate of drug-likeness (QED) is 0.514. The fourth-order valence-electron chi connectivity index (χ4n) is 1.87. The van der Waals surface area contributed by atoms with Crippen LogP contribution in [0.2, 0.25) is 0 Å². The Kier molecular flexibility index (Phi) is 7.47. The van der Waals surface area contributed by atoms with Crippen molar-refractivity contribution in [3.05, 3.63) is 29.8 Å². The van der Waals surface area contributed by atoms with E-state index in [1.54, 1.807) is 20.8 Å². The minimum absolute atomic E-state index is 0.0414. The molecule has 1 atom stereocenters. The first-order valence-corrected chi connectivity index (χ1v) is 9.44. The summed E-state index contributed by atoms with van der Waals surface area (Å²) < 4.78 is 30.0. The first-order chi connectivity index (χ1) is 12.5. The van der Waals surface area contributed by atoms with Crippen LogP contribution in [-0.4, -0.2) is 51.1 Å². The van der Waals surface area contributed by atoms with E-state index < -0.39 is 34.0 Å². The van der Waals surface area contributed by atoms with Crippen molar-refractivity contribution in [1.29, 1.82) is 5.26 Å². The van der Waals surface area contributed by atoms with Gasteiger partial charge in [-0.05, 0) is 31.0 Å². The van der Waals surface area contributed by atoms with Crippen molar-refractivity contribution >= 4 is 21.9 Å². The molecule has 0 aliphatic rings. The molecule has 0 aliphatic heterocycles. The van der Waals surface area contributed by atoms with Gasteiger partial charge in [0.2, 0.25) is 0 Å². The Morgan fingerprint density at radius 3 is 2.52 bits per heavy atom. The summed E-state index contributed by atoms with van der Waals surface area (Å²) in [7, 11) is -1.52. The summed E-state index contributed by atoms with van der Waals surface area (Å²) in [6, 6.07) is 7.17. The van der Waals surface area contributed by atoms with Gasteiger partial charge >= 0.3 is 5.97 Å². The highest BCUT2D eigenvalue weighted by Crippen LogP contribution is 2.17.